The summed E-state index contributed by atoms with van der Waals surface area (Å²) in [6, 6.07) is 17.5. The Bertz CT molecular complexity index is 2720. The van der Waals surface area contributed by atoms with Crippen molar-refractivity contribution in [2.45, 2.75) is 171 Å². The number of pyridine rings is 2. The molecule has 2 atom stereocenters. The van der Waals surface area contributed by atoms with Crippen molar-refractivity contribution >= 4 is 34.6 Å². The van der Waals surface area contributed by atoms with Gasteiger partial charge in [0.25, 0.3) is 22.9 Å². The van der Waals surface area contributed by atoms with E-state index in [-0.39, 0.29) is 58.5 Å². The van der Waals surface area contributed by atoms with Crippen LogP contribution in [0.15, 0.2) is 78.6 Å². The number of benzene rings is 2. The summed E-state index contributed by atoms with van der Waals surface area (Å²) < 4.78 is 2.21. The molecule has 0 spiro atoms. The SMILES string of the molecule is CCCCC(CC)CN(CC(CC)CCCC)C(=O)c1cccc(N=Nc2c(C)c(C#N)c(O)n(CCCCCCn3c(O)c(C#N)c(C)c(N=Nc4ccc(C(=O)N(CCCC)CCCC)cc4)c3=O)c2=O)c1. The van der Waals surface area contributed by atoms with Gasteiger partial charge in [-0.2, -0.15) is 20.8 Å². The number of rotatable bonds is 31. The molecule has 398 valence electrons. The molecule has 2 N–H and O–H groups in total. The fraction of sp³-hybridized carbons (Fsp3) is 0.552. The van der Waals surface area contributed by atoms with Crippen molar-refractivity contribution in [3.8, 4) is 23.9 Å². The number of nitrogens with zero attached hydrogens (tertiary/aromatic N) is 10. The van der Waals surface area contributed by atoms with E-state index in [1.54, 1.807) is 48.5 Å². The van der Waals surface area contributed by atoms with Crippen molar-refractivity contribution < 1.29 is 19.8 Å². The maximum absolute atomic E-state index is 14.2. The summed E-state index contributed by atoms with van der Waals surface area (Å²) in [5.74, 6) is -0.272. The van der Waals surface area contributed by atoms with Gasteiger partial charge >= 0.3 is 0 Å². The summed E-state index contributed by atoms with van der Waals surface area (Å²) in [6.07, 6.45) is 14.2. The van der Waals surface area contributed by atoms with E-state index in [4.69, 9.17) is 0 Å². The molecule has 0 saturated carbocycles. The highest BCUT2D eigenvalue weighted by Crippen LogP contribution is 2.30. The maximum Gasteiger partial charge on any atom is 0.281 e. The van der Waals surface area contributed by atoms with Crippen molar-refractivity contribution in [3.63, 3.8) is 0 Å². The molecule has 2 heterocycles. The Labute approximate surface area is 438 Å². The van der Waals surface area contributed by atoms with Crippen LogP contribution in [0.25, 0.3) is 0 Å². The second kappa shape index (κ2) is 30.9. The number of hydrogen-bond acceptors (Lipinski definition) is 12. The monoisotopic (exact) mass is 1010 g/mol. The van der Waals surface area contributed by atoms with Crippen LogP contribution in [0, 0.1) is 48.3 Å². The number of carbonyl (C=O) groups excluding carboxylic acids is 2. The van der Waals surface area contributed by atoms with E-state index in [1.165, 1.54) is 13.8 Å². The molecule has 2 aromatic heterocycles. The number of aromatic nitrogens is 2. The molecular weight excluding hydrogens is 933 g/mol. The number of azo groups is 2. The molecule has 16 nitrogen and oxygen atoms in total. The van der Waals surface area contributed by atoms with Gasteiger partial charge in [-0.15, -0.1) is 10.2 Å². The smallest absolute Gasteiger partial charge is 0.281 e. The van der Waals surface area contributed by atoms with Gasteiger partial charge in [0.15, 0.2) is 11.4 Å². The van der Waals surface area contributed by atoms with Crippen LogP contribution in [0.5, 0.6) is 11.8 Å². The average Bonchev–Trinajstić information content (AvgIpc) is 3.40. The minimum atomic E-state index is -0.626. The van der Waals surface area contributed by atoms with Crippen LogP contribution in [0.2, 0.25) is 0 Å². The van der Waals surface area contributed by atoms with Crippen molar-refractivity contribution in [2.75, 3.05) is 26.2 Å². The van der Waals surface area contributed by atoms with Crippen molar-refractivity contribution in [3.05, 3.63) is 103 Å². The predicted octanol–water partition coefficient (Wildman–Crippen LogP) is 13.8. The molecule has 2 aromatic carbocycles. The Morgan fingerprint density at radius 2 is 1.01 bits per heavy atom. The fourth-order valence-electron chi connectivity index (χ4n) is 9.09. The summed E-state index contributed by atoms with van der Waals surface area (Å²) in [6.45, 7) is 18.8. The lowest BCUT2D eigenvalue weighted by Gasteiger charge is -2.31. The number of hydrogen-bond donors (Lipinski definition) is 2. The summed E-state index contributed by atoms with van der Waals surface area (Å²) >= 11 is 0. The second-order valence-electron chi connectivity index (χ2n) is 19.4. The van der Waals surface area contributed by atoms with E-state index >= 15 is 0 Å². The van der Waals surface area contributed by atoms with Gasteiger partial charge in [-0.25, -0.2) is 0 Å². The van der Waals surface area contributed by atoms with Gasteiger partial charge in [0.1, 0.15) is 23.3 Å². The molecule has 4 rings (SSSR count). The van der Waals surface area contributed by atoms with E-state index in [0.717, 1.165) is 86.2 Å². The van der Waals surface area contributed by atoms with E-state index in [9.17, 15) is 39.9 Å². The quantitative estimate of drug-likeness (QED) is 0.0364. The zero-order chi connectivity index (χ0) is 54.2. The van der Waals surface area contributed by atoms with E-state index in [0.29, 0.717) is 86.2 Å². The van der Waals surface area contributed by atoms with E-state index in [2.05, 4.69) is 62.0 Å². The molecule has 2 unspecified atom stereocenters. The molecule has 0 aliphatic rings. The largest absolute Gasteiger partial charge is 0.493 e. The van der Waals surface area contributed by atoms with Crippen LogP contribution in [0.4, 0.5) is 22.7 Å². The Morgan fingerprint density at radius 1 is 0.568 bits per heavy atom. The minimum Gasteiger partial charge on any atom is -0.493 e. The molecule has 0 bridgehead atoms. The highest BCUT2D eigenvalue weighted by atomic mass is 16.3. The summed E-state index contributed by atoms with van der Waals surface area (Å²) in [5.41, 5.74) is 0.500. The Morgan fingerprint density at radius 3 is 1.45 bits per heavy atom. The van der Waals surface area contributed by atoms with E-state index in [1.807, 2.05) is 21.9 Å². The molecule has 0 aliphatic heterocycles. The maximum atomic E-state index is 14.2. The third-order valence-electron chi connectivity index (χ3n) is 14.0. The van der Waals surface area contributed by atoms with Crippen LogP contribution >= 0.6 is 0 Å². The van der Waals surface area contributed by atoms with Gasteiger partial charge in [0, 0.05) is 61.5 Å². The third kappa shape index (κ3) is 16.3. The highest BCUT2D eigenvalue weighted by Gasteiger charge is 2.25. The first-order valence-electron chi connectivity index (χ1n) is 27.1. The van der Waals surface area contributed by atoms with Gasteiger partial charge in [0.05, 0.1) is 11.4 Å². The molecule has 16 heteroatoms. The van der Waals surface area contributed by atoms with Gasteiger partial charge in [0.2, 0.25) is 11.8 Å². The summed E-state index contributed by atoms with van der Waals surface area (Å²) in [5, 5.41) is 59.3. The second-order valence-corrected chi connectivity index (χ2v) is 19.4. The van der Waals surface area contributed by atoms with Crippen molar-refractivity contribution in [1.82, 2.24) is 18.9 Å². The average molecular weight is 1010 g/mol. The van der Waals surface area contributed by atoms with Crippen LogP contribution < -0.4 is 11.1 Å². The first kappa shape index (κ1) is 59.6. The van der Waals surface area contributed by atoms with Crippen LogP contribution in [0.1, 0.15) is 187 Å². The minimum absolute atomic E-state index is 0.0549. The number of aromatic hydroxyl groups is 2. The lowest BCUT2D eigenvalue weighted by atomic mass is 9.95. The normalized spacial score (nSPS) is 12.2. The van der Waals surface area contributed by atoms with Crippen LogP contribution in [0.3, 0.4) is 0 Å². The Kier molecular flexibility index (Phi) is 24.9. The lowest BCUT2D eigenvalue weighted by molar-refractivity contribution is 0.0684. The molecule has 74 heavy (non-hydrogen) atoms. The molecule has 4 aromatic rings. The predicted molar refractivity (Wildman–Crippen MR) is 292 cm³/mol. The molecule has 0 saturated heterocycles. The van der Waals surface area contributed by atoms with Crippen molar-refractivity contribution in [2.24, 2.45) is 32.3 Å². The number of unbranched alkanes of at least 4 members (excludes halogenated alkanes) is 7. The molecule has 2 amide bonds. The number of nitriles is 2. The summed E-state index contributed by atoms with van der Waals surface area (Å²) in [7, 11) is 0. The Balaban J connectivity index is 1.47. The van der Waals surface area contributed by atoms with Gasteiger partial charge < -0.3 is 20.0 Å². The molecule has 0 fully saturated rings. The molecule has 0 radical (unpaired) electrons. The third-order valence-corrected chi connectivity index (χ3v) is 14.0. The number of amides is 2. The van der Waals surface area contributed by atoms with Gasteiger partial charge in [-0.1, -0.05) is 112 Å². The van der Waals surface area contributed by atoms with Gasteiger partial charge in [-0.05, 0) is 107 Å². The first-order valence-corrected chi connectivity index (χ1v) is 27.1. The highest BCUT2D eigenvalue weighted by molar-refractivity contribution is 5.95. The fourth-order valence-corrected chi connectivity index (χ4v) is 9.09. The zero-order valence-corrected chi connectivity index (χ0v) is 45.3. The molecule has 0 aliphatic carbocycles. The standard InChI is InChI=1S/C58H80N10O6/c1-9-15-24-43(13-5)39-66(40-44(14-6)25-16-10-2)54(70)46-26-23-27-48(36-46)62-64-52-42(8)50(38-60)56(72)68(58(52)74)35-22-20-19-21-34-67-55(71)49(37-59)41(7)51(57(67)73)63-61-47-30-28-45(29-31-47)53(69)65(32-17-11-3)33-18-12-4/h23,26-31,36,43-44,71-72H,9-22,24-25,32-35,39-40H2,1-8H3. The summed E-state index contributed by atoms with van der Waals surface area (Å²) in [4.78, 5) is 59.0. The number of carbonyl (C=O) groups is 2. The topological polar surface area (TPSA) is 222 Å². The van der Waals surface area contributed by atoms with Gasteiger partial charge in [-0.3, -0.25) is 28.3 Å². The van der Waals surface area contributed by atoms with Crippen LogP contribution in [-0.4, -0.2) is 67.1 Å². The van der Waals surface area contributed by atoms with E-state index < -0.39 is 22.9 Å². The van der Waals surface area contributed by atoms with Crippen molar-refractivity contribution in [1.29, 1.82) is 10.5 Å². The zero-order valence-electron chi connectivity index (χ0n) is 45.3. The van der Waals surface area contributed by atoms with Crippen LogP contribution in [-0.2, 0) is 13.1 Å². The Hall–Kier alpha value is -6.94. The molecular formula is C58H80N10O6. The first-order chi connectivity index (χ1) is 35.7. The lowest BCUT2D eigenvalue weighted by Crippen LogP contribution is -2.39.